The molecule has 1 heterocycles. The largest absolute Gasteiger partial charge is 0.369 e. The van der Waals surface area contributed by atoms with Crippen LogP contribution in [0.25, 0.3) is 5.69 Å². The minimum Gasteiger partial charge on any atom is -0.369 e. The Morgan fingerprint density at radius 3 is 2.44 bits per heavy atom. The van der Waals surface area contributed by atoms with Crippen molar-refractivity contribution in [1.29, 1.82) is 0 Å². The summed E-state index contributed by atoms with van der Waals surface area (Å²) in [5, 5.41) is 0. The number of rotatable bonds is 5. The van der Waals surface area contributed by atoms with Gasteiger partial charge in [0.25, 0.3) is 0 Å². The molecule has 0 atom stereocenters. The van der Waals surface area contributed by atoms with Gasteiger partial charge in [0.2, 0.25) is 5.78 Å². The number of aliphatic imine (C=N–C) groups is 1. The molecule has 0 fully saturated rings. The summed E-state index contributed by atoms with van der Waals surface area (Å²) in [5.41, 5.74) is 1.88. The van der Waals surface area contributed by atoms with E-state index >= 15 is 0 Å². The van der Waals surface area contributed by atoms with Crippen LogP contribution in [0.2, 0.25) is 0 Å². The fourth-order valence-electron chi connectivity index (χ4n) is 2.34. The third-order valence-corrected chi connectivity index (χ3v) is 4.04. The molecule has 3 rings (SSSR count). The number of hydrogen-bond acceptors (Lipinski definition) is 3. The highest BCUT2D eigenvalue weighted by atomic mass is 79.9. The molecular weight excluding hydrogens is 380 g/mol. The van der Waals surface area contributed by atoms with Crippen molar-refractivity contribution in [2.75, 3.05) is 14.1 Å². The average molecular weight is 397 g/mol. The lowest BCUT2D eigenvalue weighted by atomic mass is 10.1. The molecule has 0 aliphatic heterocycles. The highest BCUT2D eigenvalue weighted by Gasteiger charge is 2.21. The average Bonchev–Trinajstić information content (AvgIpc) is 3.04. The first-order chi connectivity index (χ1) is 12.1. The maximum Gasteiger partial charge on any atom is 0.213 e. The zero-order valence-electron chi connectivity index (χ0n) is 13.9. The van der Waals surface area contributed by atoms with Gasteiger partial charge in [-0.15, -0.1) is 0 Å². The van der Waals surface area contributed by atoms with E-state index in [0.29, 0.717) is 17.1 Å². The molecule has 0 saturated carbocycles. The second-order valence-electron chi connectivity index (χ2n) is 5.67. The number of halogens is 1. The van der Waals surface area contributed by atoms with Gasteiger partial charge in [-0.3, -0.25) is 9.36 Å². The smallest absolute Gasteiger partial charge is 0.213 e. The number of nitrogens with zero attached hydrogens (tertiary/aromatic N) is 4. The molecule has 126 valence electrons. The zero-order chi connectivity index (χ0) is 17.8. The number of benzene rings is 2. The number of hydrogen-bond donors (Lipinski definition) is 0. The van der Waals surface area contributed by atoms with E-state index in [9.17, 15) is 4.79 Å². The Balaban J connectivity index is 2.13. The van der Waals surface area contributed by atoms with E-state index in [1.165, 1.54) is 0 Å². The van der Waals surface area contributed by atoms with Crippen molar-refractivity contribution < 1.29 is 4.79 Å². The first-order valence-corrected chi connectivity index (χ1v) is 8.49. The van der Waals surface area contributed by atoms with Crippen molar-refractivity contribution >= 4 is 33.9 Å². The van der Waals surface area contributed by atoms with Crippen LogP contribution in [0.4, 0.5) is 5.82 Å². The van der Waals surface area contributed by atoms with E-state index in [-0.39, 0.29) is 5.78 Å². The zero-order valence-corrected chi connectivity index (χ0v) is 15.5. The van der Waals surface area contributed by atoms with Crippen molar-refractivity contribution in [3.63, 3.8) is 0 Å². The summed E-state index contributed by atoms with van der Waals surface area (Å²) < 4.78 is 2.74. The fourth-order valence-corrected chi connectivity index (χ4v) is 2.60. The Morgan fingerprint density at radius 1 is 1.12 bits per heavy atom. The highest BCUT2D eigenvalue weighted by Crippen LogP contribution is 2.25. The van der Waals surface area contributed by atoms with Crippen molar-refractivity contribution in [3.05, 3.63) is 76.7 Å². The van der Waals surface area contributed by atoms with Gasteiger partial charge in [0.05, 0.1) is 6.34 Å². The molecule has 6 heteroatoms. The van der Waals surface area contributed by atoms with Gasteiger partial charge in [-0.25, -0.2) is 9.98 Å². The van der Waals surface area contributed by atoms with E-state index in [1.54, 1.807) is 34.3 Å². The molecule has 0 N–H and O–H groups in total. The molecule has 0 saturated heterocycles. The molecule has 0 bridgehead atoms. The quantitative estimate of drug-likeness (QED) is 0.370. The Hall–Kier alpha value is -2.73. The summed E-state index contributed by atoms with van der Waals surface area (Å²) in [6, 6.07) is 16.9. The van der Waals surface area contributed by atoms with Crippen LogP contribution in [-0.4, -0.2) is 40.7 Å². The summed E-state index contributed by atoms with van der Waals surface area (Å²) in [6.07, 6.45) is 3.26. The Labute approximate surface area is 154 Å². The van der Waals surface area contributed by atoms with E-state index < -0.39 is 0 Å². The molecule has 3 aromatic rings. The maximum absolute atomic E-state index is 13.1. The van der Waals surface area contributed by atoms with Crippen molar-refractivity contribution in [3.8, 4) is 5.69 Å². The molecule has 0 radical (unpaired) electrons. The highest BCUT2D eigenvalue weighted by molar-refractivity contribution is 9.10. The first kappa shape index (κ1) is 17.1. The topological polar surface area (TPSA) is 50.5 Å². The molecule has 0 aliphatic rings. The predicted molar refractivity (Wildman–Crippen MR) is 103 cm³/mol. The van der Waals surface area contributed by atoms with E-state index in [1.807, 2.05) is 56.6 Å². The van der Waals surface area contributed by atoms with Gasteiger partial charge in [-0.2, -0.15) is 0 Å². The maximum atomic E-state index is 13.1. The standard InChI is InChI=1S/C19H17BrN4O/c1-23(2)12-21-19-17(18(25)14-6-4-3-5-7-14)24(13-22-19)16-10-8-15(20)9-11-16/h3-13H,1-2H3. The molecule has 0 amide bonds. The van der Waals surface area contributed by atoms with Gasteiger partial charge in [-0.1, -0.05) is 46.3 Å². The fraction of sp³-hybridized carbons (Fsp3) is 0.105. The van der Waals surface area contributed by atoms with Crippen LogP contribution < -0.4 is 0 Å². The van der Waals surface area contributed by atoms with Gasteiger partial charge in [-0.05, 0) is 24.3 Å². The van der Waals surface area contributed by atoms with Crippen LogP contribution in [0, 0.1) is 0 Å². The van der Waals surface area contributed by atoms with Crippen molar-refractivity contribution in [2.24, 2.45) is 4.99 Å². The van der Waals surface area contributed by atoms with Gasteiger partial charge < -0.3 is 4.90 Å². The third-order valence-electron chi connectivity index (χ3n) is 3.52. The number of ketones is 1. The van der Waals surface area contributed by atoms with Crippen molar-refractivity contribution in [1.82, 2.24) is 14.5 Å². The predicted octanol–water partition coefficient (Wildman–Crippen LogP) is 4.09. The number of carbonyl (C=O) groups excluding carboxylic acids is 1. The van der Waals surface area contributed by atoms with Crippen LogP contribution in [-0.2, 0) is 0 Å². The van der Waals surface area contributed by atoms with Gasteiger partial charge >= 0.3 is 0 Å². The molecule has 0 unspecified atom stereocenters. The molecule has 5 nitrogen and oxygen atoms in total. The van der Waals surface area contributed by atoms with E-state index in [2.05, 4.69) is 25.9 Å². The number of carbonyl (C=O) groups is 1. The number of imidazole rings is 1. The summed E-state index contributed by atoms with van der Waals surface area (Å²) in [4.78, 5) is 23.6. The summed E-state index contributed by atoms with van der Waals surface area (Å²) in [6.45, 7) is 0. The molecule has 1 aromatic heterocycles. The van der Waals surface area contributed by atoms with Gasteiger partial charge in [0.15, 0.2) is 5.82 Å². The lowest BCUT2D eigenvalue weighted by Gasteiger charge is -2.09. The van der Waals surface area contributed by atoms with Gasteiger partial charge in [0.1, 0.15) is 12.0 Å². The van der Waals surface area contributed by atoms with E-state index in [4.69, 9.17) is 0 Å². The molecule has 0 aliphatic carbocycles. The monoisotopic (exact) mass is 396 g/mol. The van der Waals surface area contributed by atoms with Crippen molar-refractivity contribution in [2.45, 2.75) is 0 Å². The van der Waals surface area contributed by atoms with Crippen LogP contribution in [0.1, 0.15) is 16.1 Å². The molecule has 2 aromatic carbocycles. The summed E-state index contributed by atoms with van der Waals surface area (Å²) >= 11 is 3.43. The SMILES string of the molecule is CN(C)C=Nc1ncn(-c2ccc(Br)cc2)c1C(=O)c1ccccc1. The first-order valence-electron chi connectivity index (χ1n) is 7.70. The van der Waals surface area contributed by atoms with Crippen LogP contribution in [0.15, 0.2) is 70.4 Å². The van der Waals surface area contributed by atoms with Gasteiger partial charge in [0, 0.05) is 29.8 Å². The molecule has 25 heavy (non-hydrogen) atoms. The molecule has 0 spiro atoms. The Morgan fingerprint density at radius 2 is 1.80 bits per heavy atom. The number of aromatic nitrogens is 2. The van der Waals surface area contributed by atoms with Crippen LogP contribution >= 0.6 is 15.9 Å². The Kier molecular flexibility index (Phi) is 5.09. The van der Waals surface area contributed by atoms with Crippen LogP contribution in [0.3, 0.4) is 0 Å². The second kappa shape index (κ2) is 7.44. The normalized spacial score (nSPS) is 11.0. The lowest BCUT2D eigenvalue weighted by molar-refractivity contribution is 0.103. The van der Waals surface area contributed by atoms with E-state index in [0.717, 1.165) is 10.2 Å². The Bertz CT molecular complexity index is 899. The lowest BCUT2D eigenvalue weighted by Crippen LogP contribution is -2.10. The molecular formula is C19H17BrN4O. The van der Waals surface area contributed by atoms with Crippen LogP contribution in [0.5, 0.6) is 0 Å². The minimum absolute atomic E-state index is 0.119. The third kappa shape index (κ3) is 3.85. The summed E-state index contributed by atoms with van der Waals surface area (Å²) in [5.74, 6) is 0.275. The minimum atomic E-state index is -0.119. The summed E-state index contributed by atoms with van der Waals surface area (Å²) in [7, 11) is 3.74. The second-order valence-corrected chi connectivity index (χ2v) is 6.58.